The third kappa shape index (κ3) is 4.20. The number of carbonyl (C=O) groups excluding carboxylic acids is 2. The highest BCUT2D eigenvalue weighted by molar-refractivity contribution is 7.14. The van der Waals surface area contributed by atoms with E-state index >= 15 is 0 Å². The summed E-state index contributed by atoms with van der Waals surface area (Å²) in [5.74, 6) is -0.0994. The van der Waals surface area contributed by atoms with Gasteiger partial charge < -0.3 is 10.2 Å². The van der Waals surface area contributed by atoms with Crippen LogP contribution in [0.25, 0.3) is 0 Å². The Morgan fingerprint density at radius 1 is 1.22 bits per heavy atom. The number of thiazole rings is 1. The minimum absolute atomic E-state index is 0.0903. The van der Waals surface area contributed by atoms with Crippen LogP contribution >= 0.6 is 11.3 Å². The second-order valence-corrected chi connectivity index (χ2v) is 8.27. The second-order valence-electron chi connectivity index (χ2n) is 7.41. The Hall–Kier alpha value is -2.25. The molecule has 1 aromatic carbocycles. The number of aromatic nitrogens is 1. The van der Waals surface area contributed by atoms with Crippen molar-refractivity contribution in [1.82, 2.24) is 15.2 Å². The maximum absolute atomic E-state index is 12.7. The molecule has 2 N–H and O–H groups in total. The monoisotopic (exact) mass is 384 g/mol. The van der Waals surface area contributed by atoms with Crippen molar-refractivity contribution in [2.24, 2.45) is 0 Å². The van der Waals surface area contributed by atoms with Crippen LogP contribution in [0.3, 0.4) is 0 Å². The summed E-state index contributed by atoms with van der Waals surface area (Å²) >= 11 is 1.35. The minimum atomic E-state index is -0.190. The molecule has 2 amide bonds. The van der Waals surface area contributed by atoms with Crippen LogP contribution in [-0.4, -0.2) is 46.9 Å². The molecule has 0 radical (unpaired) electrons. The Kier molecular flexibility index (Phi) is 5.22. The molecule has 2 atom stereocenters. The maximum Gasteiger partial charge on any atom is 0.257 e. The molecule has 6 nitrogen and oxygen atoms in total. The van der Waals surface area contributed by atoms with Gasteiger partial charge in [-0.3, -0.25) is 14.9 Å². The molecule has 0 aliphatic carbocycles. The molecule has 4 rings (SSSR count). The Labute approximate surface area is 163 Å². The quantitative estimate of drug-likeness (QED) is 0.831. The van der Waals surface area contributed by atoms with Gasteiger partial charge in [0.1, 0.15) is 0 Å². The molecule has 0 spiro atoms. The van der Waals surface area contributed by atoms with E-state index in [1.165, 1.54) is 24.2 Å². The summed E-state index contributed by atoms with van der Waals surface area (Å²) in [4.78, 5) is 31.2. The van der Waals surface area contributed by atoms with E-state index in [1.54, 1.807) is 12.1 Å². The number of hydrogen-bond acceptors (Lipinski definition) is 5. The molecule has 142 valence electrons. The van der Waals surface area contributed by atoms with Crippen LogP contribution in [0.15, 0.2) is 35.7 Å². The van der Waals surface area contributed by atoms with Gasteiger partial charge in [-0.15, -0.1) is 11.3 Å². The predicted molar refractivity (Wildman–Crippen MR) is 106 cm³/mol. The SMILES string of the molecule is CN(C(=O)Cc1csc(NC(=O)c2ccccc2)n1)C1CC2CCC(C1)N2. The molecular formula is C20H24N4O2S. The van der Waals surface area contributed by atoms with Crippen molar-refractivity contribution in [3.8, 4) is 0 Å². The van der Waals surface area contributed by atoms with Gasteiger partial charge in [0.15, 0.2) is 5.13 Å². The molecule has 2 aliphatic heterocycles. The van der Waals surface area contributed by atoms with Gasteiger partial charge in [-0.05, 0) is 37.8 Å². The van der Waals surface area contributed by atoms with Crippen LogP contribution in [-0.2, 0) is 11.2 Å². The zero-order chi connectivity index (χ0) is 18.8. The highest BCUT2D eigenvalue weighted by atomic mass is 32.1. The Bertz CT molecular complexity index is 810. The number of fused-ring (bicyclic) bond motifs is 2. The van der Waals surface area contributed by atoms with Crippen molar-refractivity contribution in [3.63, 3.8) is 0 Å². The molecule has 2 aliphatic rings. The van der Waals surface area contributed by atoms with E-state index in [-0.39, 0.29) is 18.2 Å². The van der Waals surface area contributed by atoms with Crippen LogP contribution in [0.1, 0.15) is 41.7 Å². The third-order valence-electron chi connectivity index (χ3n) is 5.53. The molecule has 2 unspecified atom stereocenters. The summed E-state index contributed by atoms with van der Waals surface area (Å²) in [7, 11) is 1.90. The first kappa shape index (κ1) is 18.1. The largest absolute Gasteiger partial charge is 0.342 e. The first-order chi connectivity index (χ1) is 13.1. The summed E-state index contributed by atoms with van der Waals surface area (Å²) in [6.07, 6.45) is 4.79. The van der Waals surface area contributed by atoms with Gasteiger partial charge >= 0.3 is 0 Å². The molecule has 7 heteroatoms. The van der Waals surface area contributed by atoms with Gasteiger partial charge in [0.2, 0.25) is 5.91 Å². The maximum atomic E-state index is 12.7. The fraction of sp³-hybridized carbons (Fsp3) is 0.450. The van der Waals surface area contributed by atoms with Crippen LogP contribution < -0.4 is 10.6 Å². The molecule has 2 fully saturated rings. The summed E-state index contributed by atoms with van der Waals surface area (Å²) in [5, 5.41) is 8.78. The van der Waals surface area contributed by atoms with Gasteiger partial charge in [0, 0.05) is 36.1 Å². The molecule has 2 bridgehead atoms. The topological polar surface area (TPSA) is 74.3 Å². The first-order valence-corrected chi connectivity index (χ1v) is 10.3. The average molecular weight is 385 g/mol. The van der Waals surface area contributed by atoms with Crippen molar-refractivity contribution in [3.05, 3.63) is 47.0 Å². The number of hydrogen-bond donors (Lipinski definition) is 2. The lowest BCUT2D eigenvalue weighted by Gasteiger charge is -2.35. The Morgan fingerprint density at radius 3 is 2.63 bits per heavy atom. The standard InChI is InChI=1S/C20H24N4O2S/c1-24(17-9-14-7-8-15(10-17)21-14)18(25)11-16-12-27-20(22-16)23-19(26)13-5-3-2-4-6-13/h2-6,12,14-15,17,21H,7-11H2,1H3,(H,22,23,26). The Balaban J connectivity index is 1.33. The van der Waals surface area contributed by atoms with Crippen molar-refractivity contribution in [1.29, 1.82) is 0 Å². The first-order valence-electron chi connectivity index (χ1n) is 9.41. The molecule has 2 saturated heterocycles. The van der Waals surface area contributed by atoms with E-state index in [9.17, 15) is 9.59 Å². The highest BCUT2D eigenvalue weighted by Gasteiger charge is 2.36. The summed E-state index contributed by atoms with van der Waals surface area (Å²) in [6, 6.07) is 10.5. The third-order valence-corrected chi connectivity index (χ3v) is 6.34. The number of piperidine rings is 1. The van der Waals surface area contributed by atoms with Gasteiger partial charge in [-0.1, -0.05) is 18.2 Å². The average Bonchev–Trinajstić information content (AvgIpc) is 3.26. The zero-order valence-electron chi connectivity index (χ0n) is 15.4. The van der Waals surface area contributed by atoms with Crippen LogP contribution in [0, 0.1) is 0 Å². The number of benzene rings is 1. The molecule has 3 heterocycles. The summed E-state index contributed by atoms with van der Waals surface area (Å²) in [5.41, 5.74) is 1.29. The fourth-order valence-corrected chi connectivity index (χ4v) is 4.74. The van der Waals surface area contributed by atoms with Crippen molar-refractivity contribution < 1.29 is 9.59 Å². The van der Waals surface area contributed by atoms with Gasteiger partial charge in [-0.2, -0.15) is 0 Å². The number of nitrogens with zero attached hydrogens (tertiary/aromatic N) is 2. The zero-order valence-corrected chi connectivity index (χ0v) is 16.2. The summed E-state index contributed by atoms with van der Waals surface area (Å²) < 4.78 is 0. The van der Waals surface area contributed by atoms with Gasteiger partial charge in [-0.25, -0.2) is 4.98 Å². The lowest BCUT2D eigenvalue weighted by Crippen LogP contribution is -2.49. The van der Waals surface area contributed by atoms with Gasteiger partial charge in [0.25, 0.3) is 5.91 Å². The van der Waals surface area contributed by atoms with E-state index in [1.807, 2.05) is 35.5 Å². The second kappa shape index (κ2) is 7.78. The molecular weight excluding hydrogens is 360 g/mol. The fourth-order valence-electron chi connectivity index (χ4n) is 4.03. The number of nitrogens with one attached hydrogen (secondary N) is 2. The number of anilines is 1. The molecule has 2 aromatic rings. The number of likely N-dealkylation sites (N-methyl/N-ethyl adjacent to an activating group) is 1. The van der Waals surface area contributed by atoms with Crippen LogP contribution in [0.5, 0.6) is 0 Å². The van der Waals surface area contributed by atoms with Crippen LogP contribution in [0.2, 0.25) is 0 Å². The van der Waals surface area contributed by atoms with E-state index < -0.39 is 0 Å². The van der Waals surface area contributed by atoms with E-state index in [0.717, 1.165) is 12.8 Å². The van der Waals surface area contributed by atoms with Crippen molar-refractivity contribution in [2.75, 3.05) is 12.4 Å². The lowest BCUT2D eigenvalue weighted by molar-refractivity contribution is -0.132. The van der Waals surface area contributed by atoms with Crippen molar-refractivity contribution in [2.45, 2.75) is 50.2 Å². The predicted octanol–water partition coefficient (Wildman–Crippen LogP) is 2.68. The minimum Gasteiger partial charge on any atom is -0.342 e. The number of rotatable bonds is 5. The van der Waals surface area contributed by atoms with Gasteiger partial charge in [0.05, 0.1) is 12.1 Å². The van der Waals surface area contributed by atoms with Crippen LogP contribution in [0.4, 0.5) is 5.13 Å². The number of amides is 2. The highest BCUT2D eigenvalue weighted by Crippen LogP contribution is 2.29. The normalized spacial score (nSPS) is 23.8. The summed E-state index contributed by atoms with van der Waals surface area (Å²) in [6.45, 7) is 0. The van der Waals surface area contributed by atoms with E-state index in [0.29, 0.717) is 34.5 Å². The van der Waals surface area contributed by atoms with E-state index in [2.05, 4.69) is 15.6 Å². The molecule has 0 saturated carbocycles. The smallest absolute Gasteiger partial charge is 0.257 e. The lowest BCUT2D eigenvalue weighted by atomic mass is 9.98. The Morgan fingerprint density at radius 2 is 1.93 bits per heavy atom. The number of carbonyl (C=O) groups is 2. The van der Waals surface area contributed by atoms with Crippen molar-refractivity contribution >= 4 is 28.3 Å². The van der Waals surface area contributed by atoms with E-state index in [4.69, 9.17) is 0 Å². The molecule has 1 aromatic heterocycles. The molecule has 27 heavy (non-hydrogen) atoms.